The highest BCUT2D eigenvalue weighted by Crippen LogP contribution is 2.17. The maximum absolute atomic E-state index is 12.1. The third kappa shape index (κ3) is 4.74. The van der Waals surface area contributed by atoms with Gasteiger partial charge in [-0.05, 0) is 24.8 Å². The minimum absolute atomic E-state index is 0.0543. The molecule has 21 heavy (non-hydrogen) atoms. The van der Waals surface area contributed by atoms with E-state index < -0.39 is 11.9 Å². The zero-order valence-electron chi connectivity index (χ0n) is 12.1. The summed E-state index contributed by atoms with van der Waals surface area (Å²) >= 11 is 0. The monoisotopic (exact) mass is 287 g/mol. The van der Waals surface area contributed by atoms with Crippen molar-refractivity contribution in [1.29, 1.82) is 0 Å². The normalized spacial score (nSPS) is 18.9. The van der Waals surface area contributed by atoms with Gasteiger partial charge in [0.25, 0.3) is 0 Å². The molecular formula is C17H21NO3. The Morgan fingerprint density at radius 1 is 1.29 bits per heavy atom. The lowest BCUT2D eigenvalue weighted by Crippen LogP contribution is -2.42. The van der Waals surface area contributed by atoms with E-state index >= 15 is 0 Å². The third-order valence-corrected chi connectivity index (χ3v) is 3.76. The summed E-state index contributed by atoms with van der Waals surface area (Å²) in [7, 11) is 0. The van der Waals surface area contributed by atoms with Crippen molar-refractivity contribution < 1.29 is 14.7 Å². The molecule has 1 fully saturated rings. The van der Waals surface area contributed by atoms with Crippen molar-refractivity contribution in [3.05, 3.63) is 42.0 Å². The minimum atomic E-state index is -0.795. The highest BCUT2D eigenvalue weighted by molar-refractivity contribution is 5.78. The van der Waals surface area contributed by atoms with Crippen LogP contribution in [-0.4, -0.2) is 35.0 Å². The van der Waals surface area contributed by atoms with Crippen LogP contribution in [0.5, 0.6) is 0 Å². The van der Waals surface area contributed by atoms with Crippen molar-refractivity contribution in [3.63, 3.8) is 0 Å². The summed E-state index contributed by atoms with van der Waals surface area (Å²) in [6.45, 7) is 1.04. The van der Waals surface area contributed by atoms with E-state index in [0.29, 0.717) is 32.4 Å². The first-order chi connectivity index (χ1) is 10.2. The van der Waals surface area contributed by atoms with Gasteiger partial charge in [0.05, 0.1) is 5.92 Å². The molecule has 0 saturated carbocycles. The molecule has 2 rings (SSSR count). The number of carboxylic acid groups (broad SMARTS) is 1. The molecule has 0 radical (unpaired) electrons. The van der Waals surface area contributed by atoms with Gasteiger partial charge >= 0.3 is 5.97 Å². The van der Waals surface area contributed by atoms with Gasteiger partial charge in [0.15, 0.2) is 0 Å². The second-order valence-corrected chi connectivity index (χ2v) is 5.37. The summed E-state index contributed by atoms with van der Waals surface area (Å²) in [5.41, 5.74) is 1.12. The molecule has 0 spiro atoms. The minimum Gasteiger partial charge on any atom is -0.481 e. The molecule has 0 unspecified atom stereocenters. The second kappa shape index (κ2) is 7.62. The van der Waals surface area contributed by atoms with E-state index in [9.17, 15) is 9.59 Å². The number of likely N-dealkylation sites (tertiary alicyclic amines) is 1. The Labute approximate surface area is 125 Å². The lowest BCUT2D eigenvalue weighted by molar-refractivity contribution is -0.145. The quantitative estimate of drug-likeness (QED) is 0.906. The Kier molecular flexibility index (Phi) is 5.55. The first kappa shape index (κ1) is 15.3. The lowest BCUT2D eigenvalue weighted by atomic mass is 9.98. The molecule has 1 aliphatic rings. The fraction of sp³-hybridized carbons (Fsp3) is 0.412. The summed E-state index contributed by atoms with van der Waals surface area (Å²) < 4.78 is 0. The van der Waals surface area contributed by atoms with Crippen LogP contribution in [0.1, 0.15) is 31.2 Å². The molecule has 112 valence electrons. The van der Waals surface area contributed by atoms with Gasteiger partial charge in [-0.15, -0.1) is 0 Å². The zero-order valence-corrected chi connectivity index (χ0v) is 12.1. The average molecular weight is 287 g/mol. The van der Waals surface area contributed by atoms with Gasteiger partial charge in [0.1, 0.15) is 0 Å². The van der Waals surface area contributed by atoms with Gasteiger partial charge in [-0.1, -0.05) is 42.5 Å². The molecule has 1 aromatic carbocycles. The molecular weight excluding hydrogens is 266 g/mol. The Morgan fingerprint density at radius 3 is 2.76 bits per heavy atom. The molecule has 1 aromatic rings. The van der Waals surface area contributed by atoms with Crippen LogP contribution in [0.3, 0.4) is 0 Å². The molecule has 1 atom stereocenters. The smallest absolute Gasteiger partial charge is 0.308 e. The zero-order chi connectivity index (χ0) is 15.1. The summed E-state index contributed by atoms with van der Waals surface area (Å²) in [5.74, 6) is -1.14. The highest BCUT2D eigenvalue weighted by atomic mass is 16.4. The third-order valence-electron chi connectivity index (χ3n) is 3.76. The van der Waals surface area contributed by atoms with Crippen molar-refractivity contribution in [3.8, 4) is 0 Å². The Balaban J connectivity index is 1.77. The van der Waals surface area contributed by atoms with Gasteiger partial charge in [-0.25, -0.2) is 0 Å². The molecule has 1 N–H and O–H groups in total. The van der Waals surface area contributed by atoms with E-state index in [4.69, 9.17) is 5.11 Å². The summed E-state index contributed by atoms with van der Waals surface area (Å²) in [4.78, 5) is 24.8. The number of amides is 1. The van der Waals surface area contributed by atoms with Crippen molar-refractivity contribution in [1.82, 2.24) is 4.90 Å². The molecule has 1 amide bonds. The van der Waals surface area contributed by atoms with Crippen LogP contribution >= 0.6 is 0 Å². The van der Waals surface area contributed by atoms with Crippen LogP contribution in [-0.2, 0) is 9.59 Å². The first-order valence-electron chi connectivity index (χ1n) is 7.39. The van der Waals surface area contributed by atoms with E-state index in [1.165, 1.54) is 0 Å². The number of piperidine rings is 1. The van der Waals surface area contributed by atoms with Crippen LogP contribution in [0.4, 0.5) is 0 Å². The van der Waals surface area contributed by atoms with Crippen molar-refractivity contribution in [2.45, 2.75) is 25.7 Å². The number of rotatable bonds is 5. The second-order valence-electron chi connectivity index (χ2n) is 5.37. The molecule has 4 heteroatoms. The van der Waals surface area contributed by atoms with Crippen LogP contribution in [0.25, 0.3) is 6.08 Å². The molecule has 1 aliphatic heterocycles. The fourth-order valence-corrected chi connectivity index (χ4v) is 2.55. The van der Waals surface area contributed by atoms with Crippen LogP contribution < -0.4 is 0 Å². The Hall–Kier alpha value is -2.10. The van der Waals surface area contributed by atoms with Gasteiger partial charge in [0, 0.05) is 19.5 Å². The first-order valence-corrected chi connectivity index (χ1v) is 7.39. The number of carboxylic acids is 1. The van der Waals surface area contributed by atoms with Gasteiger partial charge < -0.3 is 10.0 Å². The highest BCUT2D eigenvalue weighted by Gasteiger charge is 2.27. The van der Waals surface area contributed by atoms with Crippen molar-refractivity contribution in [2.75, 3.05) is 13.1 Å². The molecule has 1 saturated heterocycles. The Bertz CT molecular complexity index is 510. The molecule has 0 aromatic heterocycles. The lowest BCUT2D eigenvalue weighted by Gasteiger charge is -2.30. The van der Waals surface area contributed by atoms with Crippen LogP contribution in [0.15, 0.2) is 36.4 Å². The van der Waals surface area contributed by atoms with E-state index in [1.807, 2.05) is 42.5 Å². The van der Waals surface area contributed by atoms with Gasteiger partial charge in [0.2, 0.25) is 5.91 Å². The Morgan fingerprint density at radius 2 is 2.05 bits per heavy atom. The SMILES string of the molecule is O=C(O)[C@H]1CCCN(C(=O)CC/C=C/c2ccccc2)C1. The topological polar surface area (TPSA) is 57.6 Å². The number of allylic oxidation sites excluding steroid dienone is 1. The van der Waals surface area contributed by atoms with E-state index in [1.54, 1.807) is 4.90 Å². The summed E-state index contributed by atoms with van der Waals surface area (Å²) in [6, 6.07) is 9.95. The summed E-state index contributed by atoms with van der Waals surface area (Å²) in [6.07, 6.45) is 6.57. The number of nitrogens with zero attached hydrogens (tertiary/aromatic N) is 1. The molecule has 0 bridgehead atoms. The summed E-state index contributed by atoms with van der Waals surface area (Å²) in [5, 5.41) is 9.03. The number of aliphatic carboxylic acids is 1. The molecule has 1 heterocycles. The van der Waals surface area contributed by atoms with Crippen molar-refractivity contribution in [2.24, 2.45) is 5.92 Å². The molecule has 4 nitrogen and oxygen atoms in total. The van der Waals surface area contributed by atoms with Gasteiger partial charge in [-0.2, -0.15) is 0 Å². The van der Waals surface area contributed by atoms with E-state index in [2.05, 4.69) is 0 Å². The molecule has 0 aliphatic carbocycles. The van der Waals surface area contributed by atoms with Crippen LogP contribution in [0, 0.1) is 5.92 Å². The van der Waals surface area contributed by atoms with Crippen LogP contribution in [0.2, 0.25) is 0 Å². The number of benzene rings is 1. The standard InChI is InChI=1S/C17H21NO3/c19-16(18-12-6-10-15(13-18)17(20)21)11-5-4-9-14-7-2-1-3-8-14/h1-4,7-9,15H,5-6,10-13H2,(H,20,21)/b9-4+/t15-/m0/s1. The number of carbonyl (C=O) groups is 2. The number of carbonyl (C=O) groups excluding carboxylic acids is 1. The maximum atomic E-state index is 12.1. The van der Waals surface area contributed by atoms with E-state index in [0.717, 1.165) is 12.0 Å². The van der Waals surface area contributed by atoms with Gasteiger partial charge in [-0.3, -0.25) is 9.59 Å². The fourth-order valence-electron chi connectivity index (χ4n) is 2.55. The van der Waals surface area contributed by atoms with Crippen molar-refractivity contribution >= 4 is 18.0 Å². The number of hydrogen-bond donors (Lipinski definition) is 1. The largest absolute Gasteiger partial charge is 0.481 e. The average Bonchev–Trinajstić information content (AvgIpc) is 2.52. The van der Waals surface area contributed by atoms with E-state index in [-0.39, 0.29) is 5.91 Å². The maximum Gasteiger partial charge on any atom is 0.308 e. The number of hydrogen-bond acceptors (Lipinski definition) is 2. The predicted octanol–water partition coefficient (Wildman–Crippen LogP) is 2.80. The predicted molar refractivity (Wildman–Crippen MR) is 81.6 cm³/mol.